The van der Waals surface area contributed by atoms with Crippen molar-refractivity contribution in [2.24, 2.45) is 0 Å². The summed E-state index contributed by atoms with van der Waals surface area (Å²) in [6.45, 7) is 0. The van der Waals surface area contributed by atoms with Gasteiger partial charge in [0.1, 0.15) is 0 Å². The molecule has 0 aromatic heterocycles. The van der Waals surface area contributed by atoms with Gasteiger partial charge in [-0.3, -0.25) is 0 Å². The van der Waals surface area contributed by atoms with Crippen LogP contribution in [0.4, 0.5) is 0 Å². The van der Waals surface area contributed by atoms with Crippen LogP contribution in [0.5, 0.6) is 0 Å². The van der Waals surface area contributed by atoms with Crippen LogP contribution in [0.25, 0.3) is 5.57 Å². The van der Waals surface area contributed by atoms with E-state index < -0.39 is 0 Å². The normalized spacial score (nSPS) is 9.81. The van der Waals surface area contributed by atoms with E-state index >= 15 is 0 Å². The summed E-state index contributed by atoms with van der Waals surface area (Å²) in [6, 6.07) is 20.6. The standard InChI is InChI=1S/C15H13Cl/c16-12-11-15(13-7-3-1-4-8-13)14-9-5-2-6-10-14/h1-11H,12H2. The maximum atomic E-state index is 5.82. The molecule has 16 heavy (non-hydrogen) atoms. The van der Waals surface area contributed by atoms with Gasteiger partial charge in [0.2, 0.25) is 0 Å². The summed E-state index contributed by atoms with van der Waals surface area (Å²) in [6.07, 6.45) is 2.05. The van der Waals surface area contributed by atoms with Gasteiger partial charge in [-0.2, -0.15) is 0 Å². The number of allylic oxidation sites excluding steroid dienone is 1. The first-order valence-electron chi connectivity index (χ1n) is 5.29. The van der Waals surface area contributed by atoms with E-state index in [1.807, 2.05) is 42.5 Å². The average molecular weight is 229 g/mol. The molecule has 0 radical (unpaired) electrons. The molecule has 0 aliphatic rings. The van der Waals surface area contributed by atoms with Crippen LogP contribution in [0.3, 0.4) is 0 Å². The predicted octanol–water partition coefficient (Wildman–Crippen LogP) is 4.36. The van der Waals surface area contributed by atoms with Crippen molar-refractivity contribution >= 4 is 17.2 Å². The second kappa shape index (κ2) is 5.53. The van der Waals surface area contributed by atoms with Crippen molar-refractivity contribution in [1.29, 1.82) is 0 Å². The van der Waals surface area contributed by atoms with Gasteiger partial charge in [0.15, 0.2) is 0 Å². The summed E-state index contributed by atoms with van der Waals surface area (Å²) in [5.41, 5.74) is 3.60. The number of benzene rings is 2. The van der Waals surface area contributed by atoms with E-state index in [0.717, 1.165) is 0 Å². The van der Waals surface area contributed by atoms with Crippen molar-refractivity contribution in [3.8, 4) is 0 Å². The number of rotatable bonds is 3. The lowest BCUT2D eigenvalue weighted by Crippen LogP contribution is -1.87. The van der Waals surface area contributed by atoms with Gasteiger partial charge < -0.3 is 0 Å². The molecule has 0 atom stereocenters. The molecule has 0 bridgehead atoms. The van der Waals surface area contributed by atoms with Crippen LogP contribution < -0.4 is 0 Å². The Morgan fingerprint density at radius 3 is 1.62 bits per heavy atom. The lowest BCUT2D eigenvalue weighted by Gasteiger charge is -2.07. The molecule has 0 fully saturated rings. The zero-order chi connectivity index (χ0) is 11.2. The summed E-state index contributed by atoms with van der Waals surface area (Å²) in [5, 5.41) is 0. The van der Waals surface area contributed by atoms with E-state index in [1.54, 1.807) is 0 Å². The van der Waals surface area contributed by atoms with E-state index in [9.17, 15) is 0 Å². The molecule has 0 N–H and O–H groups in total. The van der Waals surface area contributed by atoms with Crippen molar-refractivity contribution in [2.75, 3.05) is 5.88 Å². The first-order valence-corrected chi connectivity index (χ1v) is 5.82. The number of halogens is 1. The summed E-state index contributed by atoms with van der Waals surface area (Å²) in [5.74, 6) is 0.527. The third-order valence-electron chi connectivity index (χ3n) is 2.45. The maximum absolute atomic E-state index is 5.82. The van der Waals surface area contributed by atoms with Crippen molar-refractivity contribution < 1.29 is 0 Å². The Morgan fingerprint density at radius 1 is 0.812 bits per heavy atom. The molecule has 1 heteroatoms. The van der Waals surface area contributed by atoms with Crippen molar-refractivity contribution in [2.45, 2.75) is 0 Å². The Bertz CT molecular complexity index is 416. The van der Waals surface area contributed by atoms with Gasteiger partial charge in [0, 0.05) is 5.88 Å². The number of hydrogen-bond acceptors (Lipinski definition) is 0. The molecule has 80 valence electrons. The zero-order valence-corrected chi connectivity index (χ0v) is 9.69. The molecule has 0 nitrogen and oxygen atoms in total. The van der Waals surface area contributed by atoms with Crippen molar-refractivity contribution in [3.63, 3.8) is 0 Å². The van der Waals surface area contributed by atoms with Crippen LogP contribution >= 0.6 is 11.6 Å². The summed E-state index contributed by atoms with van der Waals surface area (Å²) in [4.78, 5) is 0. The van der Waals surface area contributed by atoms with Gasteiger partial charge in [-0.05, 0) is 16.7 Å². The molecule has 2 rings (SSSR count). The summed E-state index contributed by atoms with van der Waals surface area (Å²) >= 11 is 5.82. The lowest BCUT2D eigenvalue weighted by molar-refractivity contribution is 1.53. The predicted molar refractivity (Wildman–Crippen MR) is 70.7 cm³/mol. The lowest BCUT2D eigenvalue weighted by atomic mass is 9.98. The highest BCUT2D eigenvalue weighted by Gasteiger charge is 2.02. The highest BCUT2D eigenvalue weighted by Crippen LogP contribution is 2.22. The Balaban J connectivity index is 2.44. The first-order chi connectivity index (χ1) is 7.92. The fourth-order valence-corrected chi connectivity index (χ4v) is 1.87. The van der Waals surface area contributed by atoms with Gasteiger partial charge in [0.05, 0.1) is 0 Å². The molecule has 0 aliphatic carbocycles. The van der Waals surface area contributed by atoms with Crippen LogP contribution in [0, 0.1) is 0 Å². The molecule has 0 aliphatic heterocycles. The van der Waals surface area contributed by atoms with Crippen LogP contribution in [0.1, 0.15) is 11.1 Å². The van der Waals surface area contributed by atoms with E-state index in [2.05, 4.69) is 24.3 Å². The minimum Gasteiger partial charge on any atom is -0.122 e. The maximum Gasteiger partial charge on any atom is 0.0413 e. The molecular weight excluding hydrogens is 216 g/mol. The minimum absolute atomic E-state index is 0.527. The van der Waals surface area contributed by atoms with Crippen molar-refractivity contribution in [3.05, 3.63) is 77.9 Å². The average Bonchev–Trinajstić information content (AvgIpc) is 2.38. The quantitative estimate of drug-likeness (QED) is 0.685. The van der Waals surface area contributed by atoms with Crippen LogP contribution in [0.15, 0.2) is 66.7 Å². The second-order valence-electron chi connectivity index (χ2n) is 3.50. The fourth-order valence-electron chi connectivity index (χ4n) is 1.71. The van der Waals surface area contributed by atoms with Crippen LogP contribution in [-0.2, 0) is 0 Å². The highest BCUT2D eigenvalue weighted by atomic mass is 35.5. The number of hydrogen-bond donors (Lipinski definition) is 0. The molecule has 0 spiro atoms. The van der Waals surface area contributed by atoms with Crippen LogP contribution in [-0.4, -0.2) is 5.88 Å². The third kappa shape index (κ3) is 2.53. The zero-order valence-electron chi connectivity index (χ0n) is 8.94. The van der Waals surface area contributed by atoms with Gasteiger partial charge in [-0.25, -0.2) is 0 Å². The monoisotopic (exact) mass is 228 g/mol. The SMILES string of the molecule is ClCC=C(c1ccccc1)c1ccccc1. The molecule has 0 saturated carbocycles. The third-order valence-corrected chi connectivity index (χ3v) is 2.61. The minimum atomic E-state index is 0.527. The second-order valence-corrected chi connectivity index (χ2v) is 3.81. The molecule has 0 unspecified atom stereocenters. The smallest absolute Gasteiger partial charge is 0.0413 e. The molecule has 0 heterocycles. The number of alkyl halides is 1. The Hall–Kier alpha value is -1.53. The van der Waals surface area contributed by atoms with Gasteiger partial charge in [-0.1, -0.05) is 66.7 Å². The van der Waals surface area contributed by atoms with Gasteiger partial charge >= 0.3 is 0 Å². The largest absolute Gasteiger partial charge is 0.122 e. The van der Waals surface area contributed by atoms with Gasteiger partial charge in [0.25, 0.3) is 0 Å². The van der Waals surface area contributed by atoms with Crippen molar-refractivity contribution in [1.82, 2.24) is 0 Å². The summed E-state index contributed by atoms with van der Waals surface area (Å²) in [7, 11) is 0. The van der Waals surface area contributed by atoms with E-state index in [1.165, 1.54) is 16.7 Å². The Kier molecular flexibility index (Phi) is 3.79. The topological polar surface area (TPSA) is 0 Å². The Morgan fingerprint density at radius 2 is 1.25 bits per heavy atom. The molecule has 2 aromatic carbocycles. The molecular formula is C15H13Cl. The van der Waals surface area contributed by atoms with Gasteiger partial charge in [-0.15, -0.1) is 11.6 Å². The first kappa shape index (κ1) is 11.0. The molecule has 2 aromatic rings. The van der Waals surface area contributed by atoms with Crippen LogP contribution in [0.2, 0.25) is 0 Å². The highest BCUT2D eigenvalue weighted by molar-refractivity contribution is 6.19. The fraction of sp³-hybridized carbons (Fsp3) is 0.0667. The summed E-state index contributed by atoms with van der Waals surface area (Å²) < 4.78 is 0. The van der Waals surface area contributed by atoms with E-state index in [-0.39, 0.29) is 0 Å². The van der Waals surface area contributed by atoms with E-state index in [4.69, 9.17) is 11.6 Å². The Labute approximate surface area is 101 Å². The molecule has 0 amide bonds. The van der Waals surface area contributed by atoms with E-state index in [0.29, 0.717) is 5.88 Å². The molecule has 0 saturated heterocycles.